The first-order valence-corrected chi connectivity index (χ1v) is 7.35. The van der Waals surface area contributed by atoms with Crippen LogP contribution in [0.15, 0.2) is 12.3 Å². The maximum absolute atomic E-state index is 12.3. The molecule has 1 unspecified atom stereocenters. The molecule has 1 atom stereocenters. The molecule has 1 amide bonds. The molecule has 0 radical (unpaired) electrons. The first-order chi connectivity index (χ1) is 10.2. The number of aromatic nitrogens is 2. The first kappa shape index (κ1) is 16.8. The van der Waals surface area contributed by atoms with Crippen LogP contribution < -0.4 is 5.32 Å². The fourth-order valence-corrected chi connectivity index (χ4v) is 2.62. The Hall–Kier alpha value is -1.57. The summed E-state index contributed by atoms with van der Waals surface area (Å²) in [5.41, 5.74) is 0.549. The Labute approximate surface area is 127 Å². The average molecular weight is 318 g/mol. The van der Waals surface area contributed by atoms with Crippen LogP contribution in [0.1, 0.15) is 26.0 Å². The van der Waals surface area contributed by atoms with Gasteiger partial charge in [0.1, 0.15) is 6.54 Å². The predicted molar refractivity (Wildman–Crippen MR) is 74.9 cm³/mol. The molecule has 0 spiro atoms. The summed E-state index contributed by atoms with van der Waals surface area (Å²) in [6.07, 6.45) is -2.24. The van der Waals surface area contributed by atoms with E-state index in [1.54, 1.807) is 6.07 Å². The zero-order valence-electron chi connectivity index (χ0n) is 12.7. The molecule has 124 valence electrons. The number of piperazine rings is 1. The molecule has 1 aliphatic heterocycles. The van der Waals surface area contributed by atoms with E-state index in [0.29, 0.717) is 31.2 Å². The Bertz CT molecular complexity index is 512. The lowest BCUT2D eigenvalue weighted by atomic mass is 10.00. The third-order valence-electron chi connectivity index (χ3n) is 3.54. The molecule has 8 heteroatoms. The molecule has 1 aromatic rings. The maximum Gasteiger partial charge on any atom is 0.408 e. The number of nitrogens with zero attached hydrogens (tertiary/aromatic N) is 3. The number of halogens is 3. The molecular formula is C14H21F3N4O. The van der Waals surface area contributed by atoms with Gasteiger partial charge in [0.2, 0.25) is 5.91 Å². The van der Waals surface area contributed by atoms with E-state index in [1.807, 2.05) is 18.7 Å². The van der Waals surface area contributed by atoms with Crippen LogP contribution >= 0.6 is 0 Å². The number of carbonyl (C=O) groups is 1. The Morgan fingerprint density at radius 2 is 2.18 bits per heavy atom. The summed E-state index contributed by atoms with van der Waals surface area (Å²) in [7, 11) is 0. The van der Waals surface area contributed by atoms with Crippen LogP contribution in [0.25, 0.3) is 0 Å². The van der Waals surface area contributed by atoms with Crippen LogP contribution in [-0.4, -0.2) is 45.9 Å². The second kappa shape index (κ2) is 6.68. The number of alkyl halides is 3. The van der Waals surface area contributed by atoms with Crippen LogP contribution in [-0.2, 0) is 17.9 Å². The molecule has 0 aromatic carbocycles. The highest BCUT2D eigenvalue weighted by atomic mass is 19.4. The van der Waals surface area contributed by atoms with E-state index in [9.17, 15) is 18.0 Å². The fraction of sp³-hybridized carbons (Fsp3) is 0.714. The molecule has 1 fully saturated rings. The quantitative estimate of drug-likeness (QED) is 0.900. The van der Waals surface area contributed by atoms with Crippen molar-refractivity contribution in [3.05, 3.63) is 18.0 Å². The second-order valence-electron chi connectivity index (χ2n) is 6.03. The second-order valence-corrected chi connectivity index (χ2v) is 6.03. The van der Waals surface area contributed by atoms with Crippen molar-refractivity contribution < 1.29 is 18.0 Å². The molecule has 1 saturated heterocycles. The van der Waals surface area contributed by atoms with Crippen molar-refractivity contribution in [2.75, 3.05) is 13.1 Å². The Kier molecular flexibility index (Phi) is 5.10. The van der Waals surface area contributed by atoms with Crippen molar-refractivity contribution in [3.8, 4) is 0 Å². The Balaban J connectivity index is 2.03. The zero-order chi connectivity index (χ0) is 16.3. The molecule has 0 saturated carbocycles. The molecule has 22 heavy (non-hydrogen) atoms. The fourth-order valence-electron chi connectivity index (χ4n) is 2.62. The van der Waals surface area contributed by atoms with Gasteiger partial charge in [0.25, 0.3) is 0 Å². The lowest BCUT2D eigenvalue weighted by molar-refractivity contribution is -0.142. The van der Waals surface area contributed by atoms with E-state index in [-0.39, 0.29) is 11.9 Å². The number of hydrogen-bond acceptors (Lipinski definition) is 3. The average Bonchev–Trinajstić information content (AvgIpc) is 2.78. The summed E-state index contributed by atoms with van der Waals surface area (Å²) in [4.78, 5) is 14.0. The molecule has 1 N–H and O–H groups in total. The van der Waals surface area contributed by atoms with Crippen LogP contribution in [0.2, 0.25) is 0 Å². The van der Waals surface area contributed by atoms with Gasteiger partial charge in [-0.2, -0.15) is 18.3 Å². The van der Waals surface area contributed by atoms with Crippen LogP contribution in [0.3, 0.4) is 0 Å². The number of hydrogen-bond donors (Lipinski definition) is 1. The monoisotopic (exact) mass is 318 g/mol. The summed E-state index contributed by atoms with van der Waals surface area (Å²) >= 11 is 0. The summed E-state index contributed by atoms with van der Waals surface area (Å²) in [5.74, 6) is 0.341. The molecule has 1 aromatic heterocycles. The topological polar surface area (TPSA) is 50.2 Å². The van der Waals surface area contributed by atoms with Crippen molar-refractivity contribution in [1.29, 1.82) is 0 Å². The maximum atomic E-state index is 12.3. The van der Waals surface area contributed by atoms with E-state index in [1.165, 1.54) is 6.20 Å². The third kappa shape index (κ3) is 4.72. The minimum atomic E-state index is -4.28. The minimum Gasteiger partial charge on any atom is -0.353 e. The standard InChI is InChI=1S/C14H21F3N4O/c1-10(2)7-12-13(22)18-4-6-20(12)8-11-3-5-21(19-11)9-14(15,16)17/h3,5,10,12H,4,6-9H2,1-2H3,(H,18,22). The van der Waals surface area contributed by atoms with Crippen LogP contribution in [0.4, 0.5) is 13.2 Å². The largest absolute Gasteiger partial charge is 0.408 e. The normalized spacial score (nSPS) is 20.5. The highest BCUT2D eigenvalue weighted by molar-refractivity contribution is 5.82. The lowest BCUT2D eigenvalue weighted by Crippen LogP contribution is -2.55. The van der Waals surface area contributed by atoms with Gasteiger partial charge in [-0.1, -0.05) is 13.8 Å². The van der Waals surface area contributed by atoms with Crippen molar-refractivity contribution >= 4 is 5.91 Å². The lowest BCUT2D eigenvalue weighted by Gasteiger charge is -2.35. The van der Waals surface area contributed by atoms with E-state index in [2.05, 4.69) is 10.4 Å². The highest BCUT2D eigenvalue weighted by Crippen LogP contribution is 2.19. The SMILES string of the molecule is CC(C)CC1C(=O)NCCN1Cc1ccn(CC(F)(F)F)n1. The van der Waals surface area contributed by atoms with E-state index < -0.39 is 12.7 Å². The van der Waals surface area contributed by atoms with Crippen molar-refractivity contribution in [1.82, 2.24) is 20.0 Å². The highest BCUT2D eigenvalue weighted by Gasteiger charge is 2.31. The van der Waals surface area contributed by atoms with Gasteiger partial charge in [-0.3, -0.25) is 14.4 Å². The summed E-state index contributed by atoms with van der Waals surface area (Å²) in [6.45, 7) is 4.60. The van der Waals surface area contributed by atoms with Gasteiger partial charge in [0.05, 0.1) is 11.7 Å². The number of nitrogens with one attached hydrogen (secondary N) is 1. The zero-order valence-corrected chi connectivity index (χ0v) is 12.7. The van der Waals surface area contributed by atoms with Gasteiger partial charge in [-0.15, -0.1) is 0 Å². The first-order valence-electron chi connectivity index (χ1n) is 7.35. The van der Waals surface area contributed by atoms with Gasteiger partial charge in [0.15, 0.2) is 0 Å². The Morgan fingerprint density at radius 3 is 2.82 bits per heavy atom. The molecular weight excluding hydrogens is 297 g/mol. The van der Waals surface area contributed by atoms with Crippen molar-refractivity contribution in [3.63, 3.8) is 0 Å². The van der Waals surface area contributed by atoms with Gasteiger partial charge in [-0.25, -0.2) is 0 Å². The summed E-state index contributed by atoms with van der Waals surface area (Å²) in [5, 5.41) is 6.79. The number of rotatable bonds is 5. The predicted octanol–water partition coefficient (Wildman–Crippen LogP) is 1.79. The van der Waals surface area contributed by atoms with Crippen molar-refractivity contribution in [2.24, 2.45) is 5.92 Å². The summed E-state index contributed by atoms with van der Waals surface area (Å²) < 4.78 is 37.9. The number of carbonyl (C=O) groups excluding carboxylic acids is 1. The molecule has 0 aliphatic carbocycles. The van der Waals surface area contributed by atoms with Gasteiger partial charge in [-0.05, 0) is 18.4 Å². The number of amides is 1. The molecule has 5 nitrogen and oxygen atoms in total. The van der Waals surface area contributed by atoms with E-state index in [4.69, 9.17) is 0 Å². The van der Waals surface area contributed by atoms with Crippen LogP contribution in [0, 0.1) is 5.92 Å². The van der Waals surface area contributed by atoms with E-state index in [0.717, 1.165) is 11.1 Å². The smallest absolute Gasteiger partial charge is 0.353 e. The summed E-state index contributed by atoms with van der Waals surface area (Å²) in [6, 6.07) is 1.33. The van der Waals surface area contributed by atoms with Crippen molar-refractivity contribution in [2.45, 2.75) is 45.6 Å². The van der Waals surface area contributed by atoms with Gasteiger partial charge < -0.3 is 5.32 Å². The molecule has 2 rings (SSSR count). The van der Waals surface area contributed by atoms with Crippen LogP contribution in [0.5, 0.6) is 0 Å². The van der Waals surface area contributed by atoms with Gasteiger partial charge in [0, 0.05) is 25.8 Å². The molecule has 1 aliphatic rings. The minimum absolute atomic E-state index is 0.0188. The Morgan fingerprint density at radius 1 is 1.45 bits per heavy atom. The van der Waals surface area contributed by atoms with E-state index >= 15 is 0 Å². The third-order valence-corrected chi connectivity index (χ3v) is 3.54. The molecule has 0 bridgehead atoms. The van der Waals surface area contributed by atoms with Gasteiger partial charge >= 0.3 is 6.18 Å². The molecule has 2 heterocycles.